The number of nitro benzene ring substituents is 1. The summed E-state index contributed by atoms with van der Waals surface area (Å²) in [6.07, 6.45) is 4.69. The molecule has 2 N–H and O–H groups in total. The van der Waals surface area contributed by atoms with E-state index in [1.807, 2.05) is 19.1 Å². The molecule has 6 nitrogen and oxygen atoms in total. The number of carboxylic acids is 1. The fourth-order valence-electron chi connectivity index (χ4n) is 1.44. The van der Waals surface area contributed by atoms with Gasteiger partial charge in [-0.05, 0) is 25.5 Å². The van der Waals surface area contributed by atoms with E-state index in [-0.39, 0.29) is 5.56 Å². The molecular weight excluding hydrogens is 236 g/mol. The molecule has 1 aromatic rings. The first kappa shape index (κ1) is 13.7. The Kier molecular flexibility index (Phi) is 4.86. The van der Waals surface area contributed by atoms with Crippen LogP contribution in [0.2, 0.25) is 0 Å². The van der Waals surface area contributed by atoms with Gasteiger partial charge in [0.25, 0.3) is 5.69 Å². The lowest BCUT2D eigenvalue weighted by Crippen LogP contribution is -2.05. The number of aromatic carboxylic acids is 1. The molecule has 0 aliphatic heterocycles. The average molecular weight is 250 g/mol. The zero-order valence-electron chi connectivity index (χ0n) is 9.92. The molecule has 0 aliphatic rings. The van der Waals surface area contributed by atoms with Crippen molar-refractivity contribution in [2.75, 3.05) is 11.9 Å². The Morgan fingerprint density at radius 1 is 1.56 bits per heavy atom. The van der Waals surface area contributed by atoms with Gasteiger partial charge in [-0.25, -0.2) is 4.79 Å². The second-order valence-corrected chi connectivity index (χ2v) is 3.58. The van der Waals surface area contributed by atoms with Gasteiger partial charge >= 0.3 is 5.97 Å². The van der Waals surface area contributed by atoms with Crippen molar-refractivity contribution in [3.63, 3.8) is 0 Å². The Morgan fingerprint density at radius 3 is 2.83 bits per heavy atom. The molecule has 0 heterocycles. The number of nitro groups is 1. The molecular formula is C12H14N2O4. The van der Waals surface area contributed by atoms with Crippen LogP contribution in [-0.2, 0) is 0 Å². The lowest BCUT2D eigenvalue weighted by molar-refractivity contribution is -0.385. The van der Waals surface area contributed by atoms with Gasteiger partial charge in [-0.2, -0.15) is 0 Å². The van der Waals surface area contributed by atoms with Gasteiger partial charge in [0.2, 0.25) is 0 Å². The van der Waals surface area contributed by atoms with E-state index in [4.69, 9.17) is 5.11 Å². The van der Waals surface area contributed by atoms with Crippen LogP contribution >= 0.6 is 0 Å². The standard InChI is InChI=1S/C12H14N2O4/c1-2-3-4-7-13-9-5-6-11(14(17)18)10(8-9)12(15)16/h2-3,5-6,8,13H,4,7H2,1H3,(H,15,16)/b3-2+. The molecule has 0 spiro atoms. The van der Waals surface area contributed by atoms with Gasteiger partial charge < -0.3 is 10.4 Å². The Balaban J connectivity index is 2.86. The minimum Gasteiger partial charge on any atom is -0.477 e. The summed E-state index contributed by atoms with van der Waals surface area (Å²) >= 11 is 0. The maximum absolute atomic E-state index is 10.9. The number of anilines is 1. The van der Waals surface area contributed by atoms with E-state index in [0.29, 0.717) is 12.2 Å². The zero-order valence-corrected chi connectivity index (χ0v) is 9.92. The zero-order chi connectivity index (χ0) is 13.5. The Hall–Kier alpha value is -2.37. The third-order valence-corrected chi connectivity index (χ3v) is 2.30. The highest BCUT2D eigenvalue weighted by Gasteiger charge is 2.19. The lowest BCUT2D eigenvalue weighted by Gasteiger charge is -2.06. The second-order valence-electron chi connectivity index (χ2n) is 3.58. The summed E-state index contributed by atoms with van der Waals surface area (Å²) in [5.74, 6) is -1.31. The first-order valence-electron chi connectivity index (χ1n) is 5.43. The molecule has 0 atom stereocenters. The monoisotopic (exact) mass is 250 g/mol. The van der Waals surface area contributed by atoms with Gasteiger partial charge in [-0.3, -0.25) is 10.1 Å². The SMILES string of the molecule is C/C=C/CCNc1ccc([N+](=O)[O-])c(C(=O)O)c1. The summed E-state index contributed by atoms with van der Waals surface area (Å²) < 4.78 is 0. The third-order valence-electron chi connectivity index (χ3n) is 2.30. The van der Waals surface area contributed by atoms with Gasteiger partial charge in [0.15, 0.2) is 0 Å². The van der Waals surface area contributed by atoms with E-state index >= 15 is 0 Å². The first-order valence-corrected chi connectivity index (χ1v) is 5.43. The van der Waals surface area contributed by atoms with Gasteiger partial charge in [-0.15, -0.1) is 0 Å². The van der Waals surface area contributed by atoms with Crippen LogP contribution in [0.5, 0.6) is 0 Å². The quantitative estimate of drug-likeness (QED) is 0.350. The molecule has 6 heteroatoms. The topological polar surface area (TPSA) is 92.5 Å². The molecule has 0 saturated heterocycles. The number of carboxylic acid groups (broad SMARTS) is 1. The van der Waals surface area contributed by atoms with Crippen LogP contribution in [0.15, 0.2) is 30.4 Å². The van der Waals surface area contributed by atoms with Gasteiger partial charge in [0, 0.05) is 18.3 Å². The molecule has 0 fully saturated rings. The van der Waals surface area contributed by atoms with E-state index in [2.05, 4.69) is 5.32 Å². The van der Waals surface area contributed by atoms with E-state index in [1.54, 1.807) is 0 Å². The summed E-state index contributed by atoms with van der Waals surface area (Å²) in [7, 11) is 0. The van der Waals surface area contributed by atoms with E-state index in [1.165, 1.54) is 18.2 Å². The number of benzene rings is 1. The predicted octanol–water partition coefficient (Wildman–Crippen LogP) is 2.67. The Bertz CT molecular complexity index is 483. The normalized spacial score (nSPS) is 10.5. The Morgan fingerprint density at radius 2 is 2.28 bits per heavy atom. The van der Waals surface area contributed by atoms with Crippen LogP contribution in [0.1, 0.15) is 23.7 Å². The van der Waals surface area contributed by atoms with Crippen molar-refractivity contribution in [1.29, 1.82) is 0 Å². The molecule has 0 bridgehead atoms. The van der Waals surface area contributed by atoms with Crippen LogP contribution in [0, 0.1) is 10.1 Å². The largest absolute Gasteiger partial charge is 0.477 e. The van der Waals surface area contributed by atoms with Crippen molar-refractivity contribution in [1.82, 2.24) is 0 Å². The van der Waals surface area contributed by atoms with Crippen LogP contribution in [0.4, 0.5) is 11.4 Å². The second kappa shape index (κ2) is 6.39. The average Bonchev–Trinajstić information content (AvgIpc) is 2.34. The van der Waals surface area contributed by atoms with Crippen molar-refractivity contribution >= 4 is 17.3 Å². The number of rotatable bonds is 6. The number of nitrogens with zero attached hydrogens (tertiary/aromatic N) is 1. The number of hydrogen-bond acceptors (Lipinski definition) is 4. The van der Waals surface area contributed by atoms with Gasteiger partial charge in [-0.1, -0.05) is 12.2 Å². The smallest absolute Gasteiger partial charge is 0.342 e. The molecule has 0 radical (unpaired) electrons. The maximum atomic E-state index is 10.9. The highest BCUT2D eigenvalue weighted by Crippen LogP contribution is 2.22. The molecule has 96 valence electrons. The summed E-state index contributed by atoms with van der Waals surface area (Å²) in [6, 6.07) is 3.97. The summed E-state index contributed by atoms with van der Waals surface area (Å²) in [5, 5.41) is 22.6. The van der Waals surface area contributed by atoms with E-state index in [9.17, 15) is 14.9 Å². The molecule has 18 heavy (non-hydrogen) atoms. The van der Waals surface area contributed by atoms with Crippen molar-refractivity contribution in [2.45, 2.75) is 13.3 Å². The van der Waals surface area contributed by atoms with Crippen LogP contribution < -0.4 is 5.32 Å². The number of hydrogen-bond donors (Lipinski definition) is 2. The molecule has 0 aliphatic carbocycles. The van der Waals surface area contributed by atoms with Crippen LogP contribution in [0.3, 0.4) is 0 Å². The van der Waals surface area contributed by atoms with E-state index in [0.717, 1.165) is 6.42 Å². The minimum atomic E-state index is -1.31. The number of allylic oxidation sites excluding steroid dienone is 1. The fourth-order valence-corrected chi connectivity index (χ4v) is 1.44. The van der Waals surface area contributed by atoms with Gasteiger partial charge in [0.05, 0.1) is 4.92 Å². The summed E-state index contributed by atoms with van der Waals surface area (Å²) in [5.41, 5.74) is -0.153. The lowest BCUT2D eigenvalue weighted by atomic mass is 10.1. The molecule has 0 amide bonds. The maximum Gasteiger partial charge on any atom is 0.342 e. The minimum absolute atomic E-state index is 0.309. The highest BCUT2D eigenvalue weighted by molar-refractivity contribution is 5.93. The molecule has 0 unspecified atom stereocenters. The first-order chi connectivity index (χ1) is 8.56. The van der Waals surface area contributed by atoms with Crippen molar-refractivity contribution < 1.29 is 14.8 Å². The fraction of sp³-hybridized carbons (Fsp3) is 0.250. The van der Waals surface area contributed by atoms with Crippen molar-refractivity contribution in [3.8, 4) is 0 Å². The summed E-state index contributed by atoms with van der Waals surface area (Å²) in [6.45, 7) is 2.55. The van der Waals surface area contributed by atoms with Crippen LogP contribution in [-0.4, -0.2) is 22.5 Å². The number of nitrogens with one attached hydrogen (secondary N) is 1. The van der Waals surface area contributed by atoms with Crippen molar-refractivity contribution in [3.05, 3.63) is 46.0 Å². The number of carbonyl (C=O) groups is 1. The molecule has 1 rings (SSSR count). The molecule has 0 aromatic heterocycles. The Labute approximate surface area is 104 Å². The molecule has 0 saturated carbocycles. The molecule has 1 aromatic carbocycles. The third kappa shape index (κ3) is 3.58. The predicted molar refractivity (Wildman–Crippen MR) is 68.0 cm³/mol. The summed E-state index contributed by atoms with van der Waals surface area (Å²) in [4.78, 5) is 20.9. The van der Waals surface area contributed by atoms with Crippen molar-refractivity contribution in [2.24, 2.45) is 0 Å². The highest BCUT2D eigenvalue weighted by atomic mass is 16.6. The van der Waals surface area contributed by atoms with Crippen LogP contribution in [0.25, 0.3) is 0 Å². The van der Waals surface area contributed by atoms with E-state index < -0.39 is 16.6 Å². The van der Waals surface area contributed by atoms with Gasteiger partial charge in [0.1, 0.15) is 5.56 Å².